The number of nitrogens with zero attached hydrogens (tertiary/aromatic N) is 3. The molecular formula is C24H32FN3O3. The van der Waals surface area contributed by atoms with E-state index in [1.165, 1.54) is 5.56 Å². The van der Waals surface area contributed by atoms with E-state index in [0.717, 1.165) is 22.5 Å². The van der Waals surface area contributed by atoms with Crippen molar-refractivity contribution in [2.45, 2.75) is 53.2 Å². The molecule has 0 radical (unpaired) electrons. The van der Waals surface area contributed by atoms with Crippen molar-refractivity contribution < 1.29 is 18.7 Å². The predicted octanol–water partition coefficient (Wildman–Crippen LogP) is 4.78. The topological polar surface area (TPSA) is 65.7 Å². The number of allylic oxidation sites excluding steroid dienone is 1. The van der Waals surface area contributed by atoms with Gasteiger partial charge in [-0.05, 0) is 30.4 Å². The third-order valence-electron chi connectivity index (χ3n) is 4.99. The number of alkyl halides is 1. The molecule has 1 aromatic carbocycles. The van der Waals surface area contributed by atoms with Crippen molar-refractivity contribution in [2.24, 2.45) is 12.0 Å². The molecule has 1 heterocycles. The van der Waals surface area contributed by atoms with Crippen LogP contribution in [0.25, 0.3) is 11.3 Å². The molecule has 0 N–H and O–H groups in total. The number of carbonyl (C=O) groups excluding carboxylic acids is 1. The van der Waals surface area contributed by atoms with Gasteiger partial charge in [0.15, 0.2) is 12.4 Å². The Balaban J connectivity index is 2.69. The zero-order chi connectivity index (χ0) is 23.3. The van der Waals surface area contributed by atoms with E-state index >= 15 is 0 Å². The van der Waals surface area contributed by atoms with E-state index in [2.05, 4.69) is 43.0 Å². The largest absolute Gasteiger partial charge is 0.452 e. The van der Waals surface area contributed by atoms with Crippen LogP contribution in [0, 0.1) is 13.8 Å². The maximum Gasteiger partial charge on any atom is 0.340 e. The zero-order valence-corrected chi connectivity index (χ0v) is 19.6. The predicted molar refractivity (Wildman–Crippen MR) is 122 cm³/mol. The minimum absolute atomic E-state index is 0.0192. The molecule has 1 unspecified atom stereocenters. The summed E-state index contributed by atoms with van der Waals surface area (Å²) in [4.78, 5) is 15.7. The first-order valence-corrected chi connectivity index (χ1v) is 10.2. The standard InChI is InChI=1S/C24H32FN3O3/c1-15-16(2)27-28(8)22(15)23(31-17(3)30-21(29)13-25)20(14-26-7)18-9-11-19(12-10-18)24(4,5)6/h9-12,14,17H,13H2,1-8H3/b23-20-,26-14?. The quantitative estimate of drug-likeness (QED) is 0.275. The van der Waals surface area contributed by atoms with Crippen LogP contribution in [-0.2, 0) is 26.7 Å². The van der Waals surface area contributed by atoms with Crippen molar-refractivity contribution in [1.82, 2.24) is 9.78 Å². The van der Waals surface area contributed by atoms with E-state index in [0.29, 0.717) is 11.3 Å². The highest BCUT2D eigenvalue weighted by Gasteiger charge is 2.24. The van der Waals surface area contributed by atoms with E-state index < -0.39 is 18.9 Å². The SMILES string of the molecule is CN=C/C(=C(/OC(C)OC(=O)CF)c1c(C)c(C)nn1C)c1ccc(C(C)(C)C)cc1. The van der Waals surface area contributed by atoms with Crippen LogP contribution in [0.4, 0.5) is 4.39 Å². The van der Waals surface area contributed by atoms with Gasteiger partial charge in [-0.2, -0.15) is 5.10 Å². The number of hydrogen-bond acceptors (Lipinski definition) is 5. The lowest BCUT2D eigenvalue weighted by molar-refractivity contribution is -0.165. The van der Waals surface area contributed by atoms with Gasteiger partial charge in [-0.3, -0.25) is 9.67 Å². The average Bonchev–Trinajstić information content (AvgIpc) is 2.95. The van der Waals surface area contributed by atoms with Crippen LogP contribution in [0.15, 0.2) is 29.3 Å². The number of rotatable bonds is 7. The van der Waals surface area contributed by atoms with Crippen molar-refractivity contribution in [3.8, 4) is 0 Å². The summed E-state index contributed by atoms with van der Waals surface area (Å²) >= 11 is 0. The monoisotopic (exact) mass is 429 g/mol. The van der Waals surface area contributed by atoms with Crippen LogP contribution in [0.5, 0.6) is 0 Å². The summed E-state index contributed by atoms with van der Waals surface area (Å²) < 4.78 is 25.4. The number of esters is 1. The molecule has 0 spiro atoms. The van der Waals surface area contributed by atoms with Gasteiger partial charge in [0.1, 0.15) is 5.69 Å². The summed E-state index contributed by atoms with van der Waals surface area (Å²) in [7, 11) is 3.50. The molecule has 0 aliphatic carbocycles. The van der Waals surface area contributed by atoms with E-state index in [9.17, 15) is 9.18 Å². The Bertz CT molecular complexity index is 983. The molecule has 2 rings (SSSR count). The molecule has 0 bridgehead atoms. The van der Waals surface area contributed by atoms with Gasteiger partial charge in [-0.1, -0.05) is 45.0 Å². The first-order chi connectivity index (χ1) is 14.5. The smallest absolute Gasteiger partial charge is 0.340 e. The highest BCUT2D eigenvalue weighted by molar-refractivity contribution is 6.18. The van der Waals surface area contributed by atoms with Crippen molar-refractivity contribution in [3.63, 3.8) is 0 Å². The van der Waals surface area contributed by atoms with Gasteiger partial charge < -0.3 is 9.47 Å². The molecule has 0 amide bonds. The van der Waals surface area contributed by atoms with Crippen molar-refractivity contribution >= 4 is 23.5 Å². The van der Waals surface area contributed by atoms with E-state index in [-0.39, 0.29) is 5.41 Å². The Hall–Kier alpha value is -2.96. The second-order valence-corrected chi connectivity index (χ2v) is 8.45. The fraction of sp³-hybridized carbons (Fsp3) is 0.458. The van der Waals surface area contributed by atoms with Crippen molar-refractivity contribution in [3.05, 3.63) is 52.3 Å². The van der Waals surface area contributed by atoms with Gasteiger partial charge in [0, 0.05) is 38.4 Å². The summed E-state index contributed by atoms with van der Waals surface area (Å²) in [5.74, 6) is -0.529. The number of aliphatic imine (C=N–C) groups is 1. The number of carbonyl (C=O) groups is 1. The lowest BCUT2D eigenvalue weighted by atomic mass is 9.86. The summed E-state index contributed by atoms with van der Waals surface area (Å²) in [6, 6.07) is 8.17. The number of hydrogen-bond donors (Lipinski definition) is 0. The van der Waals surface area contributed by atoms with Crippen LogP contribution in [0.1, 0.15) is 55.8 Å². The number of benzene rings is 1. The summed E-state index contributed by atoms with van der Waals surface area (Å²) in [5.41, 5.74) is 5.32. The Kier molecular flexibility index (Phi) is 7.76. The van der Waals surface area contributed by atoms with Crippen LogP contribution in [-0.4, -0.2) is 42.0 Å². The summed E-state index contributed by atoms with van der Waals surface area (Å²) in [6.07, 6.45) is 0.703. The summed E-state index contributed by atoms with van der Waals surface area (Å²) in [5, 5.41) is 4.49. The normalized spacial score (nSPS) is 13.8. The molecule has 2 aromatic rings. The third-order valence-corrected chi connectivity index (χ3v) is 4.99. The maximum atomic E-state index is 12.6. The van der Waals surface area contributed by atoms with Crippen LogP contribution in [0.3, 0.4) is 0 Å². The van der Waals surface area contributed by atoms with E-state index in [1.807, 2.05) is 33.0 Å². The van der Waals surface area contributed by atoms with Crippen LogP contribution >= 0.6 is 0 Å². The summed E-state index contributed by atoms with van der Waals surface area (Å²) in [6.45, 7) is 10.7. The molecule has 0 aliphatic rings. The van der Waals surface area contributed by atoms with Gasteiger partial charge in [0.2, 0.25) is 6.29 Å². The highest BCUT2D eigenvalue weighted by atomic mass is 19.1. The first-order valence-electron chi connectivity index (χ1n) is 10.2. The number of aromatic nitrogens is 2. The minimum Gasteiger partial charge on any atom is -0.452 e. The van der Waals surface area contributed by atoms with Crippen molar-refractivity contribution in [2.75, 3.05) is 13.7 Å². The molecule has 1 atom stereocenters. The lowest BCUT2D eigenvalue weighted by Gasteiger charge is -2.22. The second-order valence-electron chi connectivity index (χ2n) is 8.45. The molecular weight excluding hydrogens is 397 g/mol. The van der Waals surface area contributed by atoms with Gasteiger partial charge in [-0.25, -0.2) is 9.18 Å². The average molecular weight is 430 g/mol. The van der Waals surface area contributed by atoms with Gasteiger partial charge in [0.25, 0.3) is 0 Å². The fourth-order valence-electron chi connectivity index (χ4n) is 3.28. The van der Waals surface area contributed by atoms with E-state index in [4.69, 9.17) is 9.47 Å². The Morgan fingerprint density at radius 2 is 1.84 bits per heavy atom. The molecule has 0 aliphatic heterocycles. The number of ether oxygens (including phenoxy) is 2. The van der Waals surface area contributed by atoms with Crippen LogP contribution < -0.4 is 0 Å². The second kappa shape index (κ2) is 9.90. The van der Waals surface area contributed by atoms with Gasteiger partial charge in [-0.15, -0.1) is 0 Å². The molecule has 1 aromatic heterocycles. The van der Waals surface area contributed by atoms with Gasteiger partial charge in [0.05, 0.1) is 5.69 Å². The fourth-order valence-corrected chi connectivity index (χ4v) is 3.28. The zero-order valence-electron chi connectivity index (χ0n) is 19.6. The molecule has 168 valence electrons. The molecule has 31 heavy (non-hydrogen) atoms. The van der Waals surface area contributed by atoms with Crippen molar-refractivity contribution in [1.29, 1.82) is 0 Å². The molecule has 0 saturated heterocycles. The maximum absolute atomic E-state index is 12.6. The number of aryl methyl sites for hydroxylation is 2. The Morgan fingerprint density at radius 3 is 2.29 bits per heavy atom. The highest BCUT2D eigenvalue weighted by Crippen LogP contribution is 2.32. The Labute approximate surface area is 183 Å². The lowest BCUT2D eigenvalue weighted by Crippen LogP contribution is -2.20. The molecule has 0 fully saturated rings. The molecule has 6 nitrogen and oxygen atoms in total. The van der Waals surface area contributed by atoms with Gasteiger partial charge >= 0.3 is 5.97 Å². The van der Waals surface area contributed by atoms with Crippen LogP contribution in [0.2, 0.25) is 0 Å². The third kappa shape index (κ3) is 5.81. The Morgan fingerprint density at radius 1 is 1.23 bits per heavy atom. The minimum atomic E-state index is -1.21. The number of halogens is 1. The molecule has 0 saturated carbocycles. The first kappa shape index (κ1) is 24.3. The molecule has 7 heteroatoms. The van der Waals surface area contributed by atoms with E-state index in [1.54, 1.807) is 24.9 Å².